The number of likely N-dealkylation sites (tertiary alicyclic amines) is 1. The van der Waals surface area contributed by atoms with Crippen molar-refractivity contribution in [1.29, 1.82) is 0 Å². The van der Waals surface area contributed by atoms with E-state index in [0.29, 0.717) is 6.04 Å². The zero-order valence-corrected chi connectivity index (χ0v) is 9.53. The van der Waals surface area contributed by atoms with Crippen molar-refractivity contribution < 1.29 is 9.53 Å². The first-order valence-electron chi connectivity index (χ1n) is 5.82. The molecule has 2 heterocycles. The second-order valence-electron chi connectivity index (χ2n) is 4.57. The van der Waals surface area contributed by atoms with Gasteiger partial charge in [-0.2, -0.15) is 0 Å². The first-order chi connectivity index (χ1) is 7.20. The molecular formula is C11H20N2O2. The van der Waals surface area contributed by atoms with E-state index in [9.17, 15) is 4.79 Å². The van der Waals surface area contributed by atoms with Crippen LogP contribution in [0.3, 0.4) is 0 Å². The van der Waals surface area contributed by atoms with Crippen molar-refractivity contribution in [2.24, 2.45) is 0 Å². The first kappa shape index (κ1) is 10.9. The van der Waals surface area contributed by atoms with Crippen molar-refractivity contribution in [2.75, 3.05) is 20.1 Å². The van der Waals surface area contributed by atoms with E-state index in [-0.39, 0.29) is 18.1 Å². The Morgan fingerprint density at radius 2 is 2.20 bits per heavy atom. The van der Waals surface area contributed by atoms with E-state index in [1.54, 1.807) is 0 Å². The molecule has 0 aromatic rings. The summed E-state index contributed by atoms with van der Waals surface area (Å²) in [7, 11) is 1.95. The average Bonchev–Trinajstić information content (AvgIpc) is 2.84. The van der Waals surface area contributed by atoms with E-state index in [1.807, 2.05) is 18.9 Å². The maximum Gasteiger partial charge on any atom is 0.251 e. The van der Waals surface area contributed by atoms with Crippen LogP contribution in [-0.4, -0.2) is 49.2 Å². The first-order valence-corrected chi connectivity index (χ1v) is 5.82. The fourth-order valence-electron chi connectivity index (χ4n) is 2.38. The van der Waals surface area contributed by atoms with Crippen molar-refractivity contribution in [3.63, 3.8) is 0 Å². The van der Waals surface area contributed by atoms with Gasteiger partial charge >= 0.3 is 0 Å². The Labute approximate surface area is 91.0 Å². The summed E-state index contributed by atoms with van der Waals surface area (Å²) in [5, 5.41) is 3.21. The van der Waals surface area contributed by atoms with E-state index in [2.05, 4.69) is 5.32 Å². The summed E-state index contributed by atoms with van der Waals surface area (Å²) < 4.78 is 5.59. The molecule has 15 heavy (non-hydrogen) atoms. The monoisotopic (exact) mass is 212 g/mol. The Morgan fingerprint density at radius 1 is 1.40 bits per heavy atom. The summed E-state index contributed by atoms with van der Waals surface area (Å²) in [6.45, 7) is 3.75. The van der Waals surface area contributed by atoms with E-state index >= 15 is 0 Å². The van der Waals surface area contributed by atoms with Gasteiger partial charge in [0.2, 0.25) is 0 Å². The van der Waals surface area contributed by atoms with E-state index in [0.717, 1.165) is 32.4 Å². The van der Waals surface area contributed by atoms with Gasteiger partial charge in [0.05, 0.1) is 6.10 Å². The van der Waals surface area contributed by atoms with Crippen LogP contribution in [0, 0.1) is 0 Å². The fraction of sp³-hybridized carbons (Fsp3) is 0.909. The van der Waals surface area contributed by atoms with Crippen LogP contribution in [0.5, 0.6) is 0 Å². The molecule has 2 saturated heterocycles. The van der Waals surface area contributed by atoms with Crippen LogP contribution in [0.4, 0.5) is 0 Å². The summed E-state index contributed by atoms with van der Waals surface area (Å²) in [5.74, 6) is 0.192. The highest BCUT2D eigenvalue weighted by atomic mass is 16.5. The number of hydrogen-bond acceptors (Lipinski definition) is 3. The molecule has 4 heteroatoms. The van der Waals surface area contributed by atoms with Crippen molar-refractivity contribution in [3.8, 4) is 0 Å². The molecule has 2 aliphatic rings. The largest absolute Gasteiger partial charge is 0.365 e. The molecule has 2 rings (SSSR count). The number of nitrogens with zero attached hydrogens (tertiary/aromatic N) is 1. The number of likely N-dealkylation sites (N-methyl/N-ethyl adjacent to an activating group) is 1. The minimum Gasteiger partial charge on any atom is -0.365 e. The second kappa shape index (κ2) is 4.49. The summed E-state index contributed by atoms with van der Waals surface area (Å²) >= 11 is 0. The van der Waals surface area contributed by atoms with E-state index in [4.69, 9.17) is 4.74 Å². The number of carbonyl (C=O) groups is 1. The molecule has 2 fully saturated rings. The van der Waals surface area contributed by atoms with Gasteiger partial charge < -0.3 is 15.0 Å². The lowest BCUT2D eigenvalue weighted by molar-refractivity contribution is -0.141. The van der Waals surface area contributed by atoms with Crippen molar-refractivity contribution in [2.45, 2.75) is 44.4 Å². The number of amides is 1. The van der Waals surface area contributed by atoms with Crippen LogP contribution in [0.2, 0.25) is 0 Å². The third-order valence-electron chi connectivity index (χ3n) is 3.42. The maximum absolute atomic E-state index is 12.0. The lowest BCUT2D eigenvalue weighted by Crippen LogP contribution is -2.39. The molecule has 0 aliphatic carbocycles. The molecule has 3 unspecified atom stereocenters. The predicted octanol–water partition coefficient (Wildman–Crippen LogP) is 0.374. The molecule has 0 aromatic heterocycles. The van der Waals surface area contributed by atoms with Crippen molar-refractivity contribution in [3.05, 3.63) is 0 Å². The van der Waals surface area contributed by atoms with Gasteiger partial charge in [0.1, 0.15) is 6.10 Å². The Bertz CT molecular complexity index is 245. The molecule has 1 amide bonds. The normalized spacial score (nSPS) is 36.1. The van der Waals surface area contributed by atoms with E-state index < -0.39 is 0 Å². The maximum atomic E-state index is 12.0. The average molecular weight is 212 g/mol. The van der Waals surface area contributed by atoms with Gasteiger partial charge in [-0.1, -0.05) is 0 Å². The molecule has 0 spiro atoms. The number of rotatable bonds is 2. The Balaban J connectivity index is 1.86. The van der Waals surface area contributed by atoms with Gasteiger partial charge in [0.25, 0.3) is 5.91 Å². The molecule has 4 nitrogen and oxygen atoms in total. The Hall–Kier alpha value is -0.610. The molecule has 0 saturated carbocycles. The van der Waals surface area contributed by atoms with E-state index in [1.165, 1.54) is 0 Å². The molecule has 0 radical (unpaired) electrons. The zero-order chi connectivity index (χ0) is 10.8. The molecule has 0 bridgehead atoms. The zero-order valence-electron chi connectivity index (χ0n) is 9.53. The summed E-state index contributed by atoms with van der Waals surface area (Å²) in [6, 6.07) is 0.466. The van der Waals surface area contributed by atoms with Gasteiger partial charge in [-0.15, -0.1) is 0 Å². The topological polar surface area (TPSA) is 41.6 Å². The number of carbonyl (C=O) groups excluding carboxylic acids is 1. The molecular weight excluding hydrogens is 192 g/mol. The highest BCUT2D eigenvalue weighted by molar-refractivity contribution is 5.81. The molecule has 2 aliphatic heterocycles. The van der Waals surface area contributed by atoms with Crippen LogP contribution in [-0.2, 0) is 9.53 Å². The Kier molecular flexibility index (Phi) is 3.26. The number of nitrogens with one attached hydrogen (secondary N) is 1. The van der Waals surface area contributed by atoms with Crippen LogP contribution >= 0.6 is 0 Å². The van der Waals surface area contributed by atoms with Crippen LogP contribution in [0.25, 0.3) is 0 Å². The Morgan fingerprint density at radius 3 is 2.73 bits per heavy atom. The number of ether oxygens (including phenoxy) is 1. The second-order valence-corrected chi connectivity index (χ2v) is 4.57. The SMILES string of the molecule is CNC1CCN(C(=O)C2CCC(C)O2)C1. The van der Waals surface area contributed by atoms with Crippen LogP contribution in [0.1, 0.15) is 26.2 Å². The van der Waals surface area contributed by atoms with Gasteiger partial charge in [-0.25, -0.2) is 0 Å². The molecule has 3 atom stereocenters. The molecule has 1 N–H and O–H groups in total. The summed E-state index contributed by atoms with van der Waals surface area (Å²) in [5.41, 5.74) is 0. The highest BCUT2D eigenvalue weighted by Gasteiger charge is 2.34. The minimum absolute atomic E-state index is 0.171. The summed E-state index contributed by atoms with van der Waals surface area (Å²) in [4.78, 5) is 14.0. The minimum atomic E-state index is -0.171. The molecule has 0 aromatic carbocycles. The lowest BCUT2D eigenvalue weighted by atomic mass is 10.2. The van der Waals surface area contributed by atoms with Crippen molar-refractivity contribution >= 4 is 5.91 Å². The lowest BCUT2D eigenvalue weighted by Gasteiger charge is -2.20. The predicted molar refractivity (Wildman–Crippen MR) is 57.6 cm³/mol. The summed E-state index contributed by atoms with van der Waals surface area (Å²) in [6.07, 6.45) is 3.04. The van der Waals surface area contributed by atoms with Gasteiger partial charge in [-0.3, -0.25) is 4.79 Å². The third kappa shape index (κ3) is 2.32. The van der Waals surface area contributed by atoms with Crippen LogP contribution in [0.15, 0.2) is 0 Å². The molecule has 86 valence electrons. The van der Waals surface area contributed by atoms with Gasteiger partial charge in [0, 0.05) is 19.1 Å². The third-order valence-corrected chi connectivity index (χ3v) is 3.42. The number of hydrogen-bond donors (Lipinski definition) is 1. The van der Waals surface area contributed by atoms with Gasteiger partial charge in [0.15, 0.2) is 0 Å². The van der Waals surface area contributed by atoms with Crippen LogP contribution < -0.4 is 5.32 Å². The quantitative estimate of drug-likeness (QED) is 0.719. The smallest absolute Gasteiger partial charge is 0.251 e. The highest BCUT2D eigenvalue weighted by Crippen LogP contribution is 2.22. The van der Waals surface area contributed by atoms with Crippen molar-refractivity contribution in [1.82, 2.24) is 10.2 Å². The fourth-order valence-corrected chi connectivity index (χ4v) is 2.38. The van der Waals surface area contributed by atoms with Gasteiger partial charge in [-0.05, 0) is 33.2 Å². The standard InChI is InChI=1S/C11H20N2O2/c1-8-3-4-10(15-8)11(14)13-6-5-9(7-13)12-2/h8-10,12H,3-7H2,1-2H3.